The molecule has 4 fully saturated rings. The number of aliphatic carboxylic acids is 1. The lowest BCUT2D eigenvalue weighted by molar-refractivity contribution is -0.134. The van der Waals surface area contributed by atoms with Gasteiger partial charge in [0, 0.05) is 51.4 Å². The Kier molecular flexibility index (Phi) is 8.33. The van der Waals surface area contributed by atoms with Crippen LogP contribution in [0.2, 0.25) is 0 Å². The quantitative estimate of drug-likeness (QED) is 0.534. The molecule has 4 aliphatic rings. The van der Waals surface area contributed by atoms with E-state index >= 15 is 0 Å². The minimum atomic E-state index is -0.833. The first-order valence-electron chi connectivity index (χ1n) is 12.0. The highest BCUT2D eigenvalue weighted by Crippen LogP contribution is 2.54. The molecular weight excluding hydrogens is 398 g/mol. The van der Waals surface area contributed by atoms with Crippen LogP contribution in [-0.2, 0) is 19.1 Å². The molecule has 2 amide bonds. The van der Waals surface area contributed by atoms with Gasteiger partial charge < -0.3 is 20.5 Å². The fourth-order valence-corrected chi connectivity index (χ4v) is 6.09. The third-order valence-electron chi connectivity index (χ3n) is 7.38. The van der Waals surface area contributed by atoms with Gasteiger partial charge in [-0.1, -0.05) is 25.7 Å². The van der Waals surface area contributed by atoms with Crippen LogP contribution in [0.15, 0.2) is 0 Å². The van der Waals surface area contributed by atoms with Crippen LogP contribution in [0.1, 0.15) is 65.2 Å². The standard InChI is InChI=1S/C21H35N3O3.C2H4O2/c1-2-22-20(26)13-24-12-17-16(18-9-10-21(17,14-24)27-18)11-23-19(25)8-7-15-5-3-4-6-15;1-2(3)4/h15-18H,2-14H2,1H3,(H,22,26)(H,23,25);1H3,(H,3,4)/t16-,17+,18+,21+;/m0./s1. The Balaban J connectivity index is 0.000000628. The van der Waals surface area contributed by atoms with Crippen LogP contribution in [0.25, 0.3) is 0 Å². The summed E-state index contributed by atoms with van der Waals surface area (Å²) >= 11 is 0. The molecule has 0 unspecified atom stereocenters. The summed E-state index contributed by atoms with van der Waals surface area (Å²) in [5.41, 5.74) is -0.0730. The molecule has 3 aliphatic heterocycles. The van der Waals surface area contributed by atoms with Crippen LogP contribution in [0.4, 0.5) is 0 Å². The van der Waals surface area contributed by atoms with Gasteiger partial charge in [0.05, 0.1) is 18.2 Å². The third-order valence-corrected chi connectivity index (χ3v) is 7.38. The molecule has 0 aromatic rings. The van der Waals surface area contributed by atoms with Crippen molar-refractivity contribution in [2.24, 2.45) is 17.8 Å². The summed E-state index contributed by atoms with van der Waals surface area (Å²) < 4.78 is 6.42. The van der Waals surface area contributed by atoms with E-state index in [-0.39, 0.29) is 23.5 Å². The molecule has 3 N–H and O–H groups in total. The normalized spacial score (nSPS) is 31.7. The van der Waals surface area contributed by atoms with Gasteiger partial charge in [0.15, 0.2) is 0 Å². The maximum Gasteiger partial charge on any atom is 0.300 e. The van der Waals surface area contributed by atoms with Crippen molar-refractivity contribution in [1.29, 1.82) is 0 Å². The van der Waals surface area contributed by atoms with Crippen LogP contribution in [0, 0.1) is 17.8 Å². The predicted molar refractivity (Wildman–Crippen MR) is 116 cm³/mol. The molecule has 2 bridgehead atoms. The van der Waals surface area contributed by atoms with Crippen molar-refractivity contribution in [2.45, 2.75) is 76.9 Å². The minimum Gasteiger partial charge on any atom is -0.481 e. The van der Waals surface area contributed by atoms with Gasteiger partial charge in [-0.15, -0.1) is 0 Å². The zero-order valence-electron chi connectivity index (χ0n) is 19.0. The number of nitrogens with zero attached hydrogens (tertiary/aromatic N) is 1. The molecule has 1 saturated carbocycles. The summed E-state index contributed by atoms with van der Waals surface area (Å²) in [7, 11) is 0. The zero-order chi connectivity index (χ0) is 22.4. The molecule has 0 radical (unpaired) electrons. The maximum atomic E-state index is 12.3. The summed E-state index contributed by atoms with van der Waals surface area (Å²) in [6.07, 6.45) is 9.47. The molecule has 8 heteroatoms. The average molecular weight is 438 g/mol. The summed E-state index contributed by atoms with van der Waals surface area (Å²) in [4.78, 5) is 35.5. The number of likely N-dealkylation sites (tertiary alicyclic amines) is 1. The van der Waals surface area contributed by atoms with Crippen LogP contribution >= 0.6 is 0 Å². The Labute approximate surface area is 185 Å². The second-order valence-electron chi connectivity index (χ2n) is 9.67. The molecule has 4 atom stereocenters. The van der Waals surface area contributed by atoms with E-state index in [1.807, 2.05) is 6.92 Å². The lowest BCUT2D eigenvalue weighted by Gasteiger charge is -2.29. The Hall–Kier alpha value is -1.67. The number of carboxylic acid groups (broad SMARTS) is 1. The predicted octanol–water partition coefficient (Wildman–Crippen LogP) is 1.78. The molecule has 1 aliphatic carbocycles. The molecule has 3 saturated heterocycles. The van der Waals surface area contributed by atoms with Gasteiger partial charge in [-0.25, -0.2) is 0 Å². The van der Waals surface area contributed by atoms with E-state index < -0.39 is 5.97 Å². The largest absolute Gasteiger partial charge is 0.481 e. The van der Waals surface area contributed by atoms with E-state index in [0.29, 0.717) is 31.3 Å². The minimum absolute atomic E-state index is 0.0730. The van der Waals surface area contributed by atoms with Crippen LogP contribution in [-0.4, -0.2) is 72.2 Å². The highest BCUT2D eigenvalue weighted by atomic mass is 16.5. The molecule has 1 spiro atoms. The molecule has 31 heavy (non-hydrogen) atoms. The van der Waals surface area contributed by atoms with Crippen LogP contribution < -0.4 is 10.6 Å². The molecule has 4 rings (SSSR count). The smallest absolute Gasteiger partial charge is 0.300 e. The van der Waals surface area contributed by atoms with E-state index in [1.165, 1.54) is 25.7 Å². The molecule has 0 aromatic carbocycles. The van der Waals surface area contributed by atoms with Gasteiger partial charge in [0.1, 0.15) is 0 Å². The lowest BCUT2D eigenvalue weighted by Crippen LogP contribution is -2.41. The van der Waals surface area contributed by atoms with Crippen molar-refractivity contribution in [3.8, 4) is 0 Å². The number of hydrogen-bond donors (Lipinski definition) is 3. The van der Waals surface area contributed by atoms with E-state index in [9.17, 15) is 9.59 Å². The van der Waals surface area contributed by atoms with Crippen LogP contribution in [0.3, 0.4) is 0 Å². The van der Waals surface area contributed by atoms with E-state index in [2.05, 4.69) is 15.5 Å². The number of fused-ring (bicyclic) bond motifs is 1. The van der Waals surface area contributed by atoms with E-state index in [0.717, 1.165) is 51.7 Å². The van der Waals surface area contributed by atoms with Gasteiger partial charge in [-0.3, -0.25) is 19.3 Å². The average Bonchev–Trinajstić information content (AvgIpc) is 3.45. The highest BCUT2D eigenvalue weighted by molar-refractivity contribution is 5.78. The Morgan fingerprint density at radius 1 is 1.13 bits per heavy atom. The van der Waals surface area contributed by atoms with Crippen molar-refractivity contribution in [1.82, 2.24) is 15.5 Å². The zero-order valence-corrected chi connectivity index (χ0v) is 19.0. The number of ether oxygens (including phenoxy) is 1. The summed E-state index contributed by atoms with van der Waals surface area (Å²) in [6, 6.07) is 0. The van der Waals surface area contributed by atoms with Gasteiger partial charge in [0.25, 0.3) is 5.97 Å². The number of amides is 2. The first-order valence-corrected chi connectivity index (χ1v) is 12.0. The Morgan fingerprint density at radius 2 is 1.84 bits per heavy atom. The number of nitrogens with one attached hydrogen (secondary N) is 2. The van der Waals surface area contributed by atoms with E-state index in [1.54, 1.807) is 0 Å². The molecule has 0 aromatic heterocycles. The van der Waals surface area contributed by atoms with Crippen molar-refractivity contribution in [3.05, 3.63) is 0 Å². The molecule has 8 nitrogen and oxygen atoms in total. The van der Waals surface area contributed by atoms with Gasteiger partial charge in [0.2, 0.25) is 11.8 Å². The SMILES string of the molecule is CC(=O)O.CCNC(=O)CN1C[C@@H]2[C@H](CNC(=O)CCC3CCCC3)[C@H]3CC[C@]2(C1)O3. The number of carboxylic acids is 1. The summed E-state index contributed by atoms with van der Waals surface area (Å²) in [5.74, 6) is 1.08. The lowest BCUT2D eigenvalue weighted by atomic mass is 9.73. The number of carbonyl (C=O) groups excluding carboxylic acids is 2. The third kappa shape index (κ3) is 6.19. The monoisotopic (exact) mass is 437 g/mol. The number of likely N-dealkylation sites (N-methyl/N-ethyl adjacent to an activating group) is 1. The fourth-order valence-electron chi connectivity index (χ4n) is 6.09. The number of rotatable bonds is 8. The number of carbonyl (C=O) groups is 3. The number of hydrogen-bond acceptors (Lipinski definition) is 5. The second-order valence-corrected chi connectivity index (χ2v) is 9.67. The van der Waals surface area contributed by atoms with Crippen molar-refractivity contribution < 1.29 is 24.2 Å². The molecular formula is C23H39N3O5. The Morgan fingerprint density at radius 3 is 2.52 bits per heavy atom. The topological polar surface area (TPSA) is 108 Å². The maximum absolute atomic E-state index is 12.3. The Bertz CT molecular complexity index is 647. The summed E-state index contributed by atoms with van der Waals surface area (Å²) in [6.45, 7) is 6.67. The van der Waals surface area contributed by atoms with Gasteiger partial charge in [-0.2, -0.15) is 0 Å². The van der Waals surface area contributed by atoms with Crippen molar-refractivity contribution in [2.75, 3.05) is 32.7 Å². The van der Waals surface area contributed by atoms with Gasteiger partial charge >= 0.3 is 0 Å². The molecule has 176 valence electrons. The first-order chi connectivity index (χ1) is 14.8. The van der Waals surface area contributed by atoms with Crippen molar-refractivity contribution >= 4 is 17.8 Å². The fraction of sp³-hybridized carbons (Fsp3) is 0.870. The van der Waals surface area contributed by atoms with Gasteiger partial charge in [-0.05, 0) is 32.1 Å². The highest BCUT2D eigenvalue weighted by Gasteiger charge is 2.62. The molecule has 3 heterocycles. The summed E-state index contributed by atoms with van der Waals surface area (Å²) in [5, 5.41) is 13.5. The van der Waals surface area contributed by atoms with Crippen LogP contribution in [0.5, 0.6) is 0 Å². The second kappa shape index (κ2) is 10.8. The van der Waals surface area contributed by atoms with E-state index in [4.69, 9.17) is 14.6 Å². The first kappa shape index (κ1) is 24.0. The van der Waals surface area contributed by atoms with Crippen molar-refractivity contribution in [3.63, 3.8) is 0 Å².